The van der Waals surface area contributed by atoms with E-state index in [1.165, 1.54) is 16.6 Å². The molecule has 1 fully saturated rings. The summed E-state index contributed by atoms with van der Waals surface area (Å²) < 4.78 is 13.1. The number of anilines is 2. The number of methoxy groups -OCH3 is 1. The molecule has 12 heteroatoms. The van der Waals surface area contributed by atoms with Crippen molar-refractivity contribution in [3.8, 4) is 6.01 Å². The number of fused-ring (bicyclic) bond motifs is 2. The summed E-state index contributed by atoms with van der Waals surface area (Å²) in [5.41, 5.74) is 5.25. The van der Waals surface area contributed by atoms with E-state index in [0.29, 0.717) is 45.1 Å². The maximum absolute atomic E-state index is 12.5. The van der Waals surface area contributed by atoms with E-state index in [-0.39, 0.29) is 6.09 Å². The van der Waals surface area contributed by atoms with Crippen LogP contribution in [-0.4, -0.2) is 75.9 Å². The molecule has 1 saturated heterocycles. The van der Waals surface area contributed by atoms with E-state index in [4.69, 9.17) is 19.4 Å². The third-order valence-electron chi connectivity index (χ3n) is 6.76. The first kappa shape index (κ1) is 26.2. The Labute approximate surface area is 232 Å². The third-order valence-corrected chi connectivity index (χ3v) is 8.65. The number of nitrogens with zero attached hydrogens (tertiary/aromatic N) is 7. The number of halogens is 1. The molecule has 0 radical (unpaired) electrons. The summed E-state index contributed by atoms with van der Waals surface area (Å²) in [6.07, 6.45) is 3.11. The summed E-state index contributed by atoms with van der Waals surface area (Å²) >= 11 is 2.37. The molecule has 37 heavy (non-hydrogen) atoms. The molecule has 0 saturated carbocycles. The Morgan fingerprint density at radius 2 is 1.84 bits per heavy atom. The Morgan fingerprint density at radius 3 is 2.51 bits per heavy atom. The van der Waals surface area contributed by atoms with Gasteiger partial charge in [0.05, 0.1) is 43.1 Å². The van der Waals surface area contributed by atoms with Crippen LogP contribution in [0.2, 0.25) is 0 Å². The van der Waals surface area contributed by atoms with Crippen LogP contribution in [0.15, 0.2) is 18.3 Å². The first-order valence-corrected chi connectivity index (χ1v) is 16.5. The first-order chi connectivity index (χ1) is 17.7. The lowest BCUT2D eigenvalue weighted by atomic mass is 10.0. The maximum Gasteiger partial charge on any atom is 0.410 e. The molecule has 5 rings (SSSR count). The number of benzene rings is 1. The highest BCUT2D eigenvalue weighted by atomic mass is 127. The average molecular weight is 637 g/mol. The van der Waals surface area contributed by atoms with Crippen molar-refractivity contribution in [2.45, 2.75) is 46.3 Å². The fourth-order valence-electron chi connectivity index (χ4n) is 5.04. The second kappa shape index (κ2) is 10.4. The van der Waals surface area contributed by atoms with Crippen molar-refractivity contribution in [1.82, 2.24) is 24.4 Å². The topological polar surface area (TPSA) is 88.8 Å². The Balaban J connectivity index is 1.40. The van der Waals surface area contributed by atoms with Gasteiger partial charge in [-0.3, -0.25) is 0 Å². The van der Waals surface area contributed by atoms with Crippen molar-refractivity contribution in [3.63, 3.8) is 0 Å². The molecule has 2 aliphatic rings. The number of hydrogen-bond donors (Lipinski definition) is 0. The van der Waals surface area contributed by atoms with E-state index in [1.54, 1.807) is 12.0 Å². The standard InChI is InChI=1S/C25H33IN7O3P/c1-16-6-7-20-18(14-27-33(20)37-26)21(16)32-9-8-17-19(15-32)28-23(35-5)29-22(17)30-10-12-31(13-11-30)24(34)36-25(2,3)4/h6-7,14,37H,8-13,15H2,1-5H3. The summed E-state index contributed by atoms with van der Waals surface area (Å²) in [5.74, 6) is 0.916. The highest BCUT2D eigenvalue weighted by Crippen LogP contribution is 2.38. The SMILES string of the molecule is COc1nc2c(c(N3CCN(C(=O)OC(C)(C)C)CC3)n1)CCN(c1c(C)ccc3c1cnn3PI)C2. The molecule has 10 nitrogen and oxygen atoms in total. The lowest BCUT2D eigenvalue weighted by Gasteiger charge is -2.38. The summed E-state index contributed by atoms with van der Waals surface area (Å²) in [6, 6.07) is 4.71. The molecule has 1 amide bonds. The van der Waals surface area contributed by atoms with E-state index >= 15 is 0 Å². The normalized spacial score (nSPS) is 16.5. The van der Waals surface area contributed by atoms with Crippen LogP contribution >= 0.6 is 28.4 Å². The summed E-state index contributed by atoms with van der Waals surface area (Å²) in [6.45, 7) is 11.9. The predicted molar refractivity (Wildman–Crippen MR) is 156 cm³/mol. The Bertz CT molecular complexity index is 1320. The van der Waals surface area contributed by atoms with E-state index in [9.17, 15) is 4.79 Å². The van der Waals surface area contributed by atoms with Gasteiger partial charge in [0.2, 0.25) is 0 Å². The van der Waals surface area contributed by atoms with Gasteiger partial charge >= 0.3 is 12.1 Å². The zero-order valence-electron chi connectivity index (χ0n) is 21.9. The molecule has 0 N–H and O–H groups in total. The van der Waals surface area contributed by atoms with E-state index < -0.39 is 5.60 Å². The molecule has 2 aromatic heterocycles. The van der Waals surface area contributed by atoms with Crippen LogP contribution in [0.5, 0.6) is 6.01 Å². The monoisotopic (exact) mass is 637 g/mol. The second-order valence-electron chi connectivity index (χ2n) is 10.4. The molecule has 1 aromatic carbocycles. The predicted octanol–water partition coefficient (Wildman–Crippen LogP) is 4.55. The van der Waals surface area contributed by atoms with Crippen molar-refractivity contribution >= 4 is 56.9 Å². The molecular weight excluding hydrogens is 604 g/mol. The smallest absolute Gasteiger partial charge is 0.410 e. The Hall–Kier alpha value is -2.40. The molecule has 4 heterocycles. The summed E-state index contributed by atoms with van der Waals surface area (Å²) in [5, 5.41) is 5.77. The zero-order valence-corrected chi connectivity index (χ0v) is 25.1. The number of amides is 1. The van der Waals surface area contributed by atoms with Gasteiger partial charge in [-0.25, -0.2) is 9.25 Å². The van der Waals surface area contributed by atoms with E-state index in [2.05, 4.69) is 60.4 Å². The van der Waals surface area contributed by atoms with Crippen molar-refractivity contribution in [3.05, 3.63) is 35.2 Å². The van der Waals surface area contributed by atoms with Gasteiger partial charge in [0.1, 0.15) is 11.4 Å². The molecule has 2 aliphatic heterocycles. The number of ether oxygens (including phenoxy) is 2. The second-order valence-corrected chi connectivity index (χ2v) is 12.4. The lowest BCUT2D eigenvalue weighted by Crippen LogP contribution is -2.50. The number of carbonyl (C=O) groups excluding carboxylic acids is 1. The molecular formula is C25H33IN7O3P. The van der Waals surface area contributed by atoms with Gasteiger partial charge < -0.3 is 24.2 Å². The van der Waals surface area contributed by atoms with Gasteiger partial charge in [0, 0.05) is 43.7 Å². The van der Waals surface area contributed by atoms with Crippen LogP contribution in [0, 0.1) is 6.92 Å². The summed E-state index contributed by atoms with van der Waals surface area (Å²) in [7, 11) is 1.61. The lowest BCUT2D eigenvalue weighted by molar-refractivity contribution is 0.0240. The minimum Gasteiger partial charge on any atom is -0.467 e. The number of piperazine rings is 1. The highest BCUT2D eigenvalue weighted by Gasteiger charge is 2.31. The molecule has 0 bridgehead atoms. The van der Waals surface area contributed by atoms with Crippen LogP contribution in [0.1, 0.15) is 37.6 Å². The minimum absolute atomic E-state index is 0.263. The Kier molecular flexibility index (Phi) is 7.37. The van der Waals surface area contributed by atoms with Crippen LogP contribution in [-0.2, 0) is 17.7 Å². The molecule has 0 spiro atoms. The molecule has 0 aliphatic carbocycles. The van der Waals surface area contributed by atoms with Gasteiger partial charge in [0.25, 0.3) is 0 Å². The zero-order chi connectivity index (χ0) is 26.3. The summed E-state index contributed by atoms with van der Waals surface area (Å²) in [4.78, 5) is 28.5. The highest BCUT2D eigenvalue weighted by molar-refractivity contribution is 14.2. The van der Waals surface area contributed by atoms with Crippen molar-refractivity contribution in [1.29, 1.82) is 0 Å². The number of aryl methyl sites for hydroxylation is 1. The number of hydrogen-bond acceptors (Lipinski definition) is 8. The van der Waals surface area contributed by atoms with Crippen LogP contribution in [0.4, 0.5) is 16.3 Å². The van der Waals surface area contributed by atoms with Gasteiger partial charge in [-0.15, -0.1) is 0 Å². The van der Waals surface area contributed by atoms with E-state index in [1.807, 2.05) is 27.0 Å². The third kappa shape index (κ3) is 5.30. The minimum atomic E-state index is -0.503. The largest absolute Gasteiger partial charge is 0.467 e. The average Bonchev–Trinajstić information content (AvgIpc) is 3.29. The Morgan fingerprint density at radius 1 is 1.08 bits per heavy atom. The first-order valence-electron chi connectivity index (χ1n) is 12.4. The fraction of sp³-hybridized carbons (Fsp3) is 0.520. The van der Waals surface area contributed by atoms with Crippen LogP contribution in [0.3, 0.4) is 0 Å². The number of rotatable bonds is 4. The van der Waals surface area contributed by atoms with Crippen molar-refractivity contribution in [2.75, 3.05) is 49.6 Å². The van der Waals surface area contributed by atoms with Crippen LogP contribution < -0.4 is 14.5 Å². The van der Waals surface area contributed by atoms with Gasteiger partial charge in [-0.2, -0.15) is 15.1 Å². The molecule has 1 unspecified atom stereocenters. The fourth-order valence-corrected chi connectivity index (χ4v) is 6.58. The molecule has 3 aromatic rings. The maximum atomic E-state index is 12.5. The number of carbonyl (C=O) groups is 1. The van der Waals surface area contributed by atoms with Crippen molar-refractivity contribution in [2.24, 2.45) is 0 Å². The van der Waals surface area contributed by atoms with Crippen LogP contribution in [0.25, 0.3) is 10.9 Å². The van der Waals surface area contributed by atoms with Gasteiger partial charge in [0.15, 0.2) is 0 Å². The molecule has 198 valence electrons. The van der Waals surface area contributed by atoms with Gasteiger partial charge in [-0.05, 0) is 67.8 Å². The number of aromatic nitrogens is 4. The van der Waals surface area contributed by atoms with Gasteiger partial charge in [-0.1, -0.05) is 6.07 Å². The van der Waals surface area contributed by atoms with Crippen molar-refractivity contribution < 1.29 is 14.3 Å². The quantitative estimate of drug-likeness (QED) is 0.304. The molecule has 1 atom stereocenters. The van der Waals surface area contributed by atoms with E-state index in [0.717, 1.165) is 35.6 Å².